The number of nitrogens with one attached hydrogen (secondary N) is 2. The normalized spacial score (nSPS) is 15.7. The molecule has 2 heterocycles. The van der Waals surface area contributed by atoms with Gasteiger partial charge in [0.15, 0.2) is 0 Å². The summed E-state index contributed by atoms with van der Waals surface area (Å²) in [5, 5.41) is 6.74. The Bertz CT molecular complexity index is 741. The summed E-state index contributed by atoms with van der Waals surface area (Å²) < 4.78 is 7.75. The molecule has 26 heavy (non-hydrogen) atoms. The Morgan fingerprint density at radius 1 is 1.19 bits per heavy atom. The van der Waals surface area contributed by atoms with Gasteiger partial charge in [0.25, 0.3) is 0 Å². The smallest absolute Gasteiger partial charge is 0.225 e. The zero-order valence-electron chi connectivity index (χ0n) is 15.9. The van der Waals surface area contributed by atoms with Crippen LogP contribution in [0.4, 0.5) is 17.5 Å². The molecule has 6 nitrogen and oxygen atoms in total. The molecule has 0 radical (unpaired) electrons. The molecule has 0 saturated carbocycles. The van der Waals surface area contributed by atoms with Crippen LogP contribution in [0.15, 0.2) is 35.4 Å². The molecule has 140 valence electrons. The van der Waals surface area contributed by atoms with Gasteiger partial charge in [0.2, 0.25) is 5.95 Å². The lowest BCUT2D eigenvalue weighted by Crippen LogP contribution is -2.30. The fourth-order valence-electron chi connectivity index (χ4n) is 2.52. The predicted octanol–water partition coefficient (Wildman–Crippen LogP) is 4.08. The van der Waals surface area contributed by atoms with Crippen molar-refractivity contribution >= 4 is 29.4 Å². The van der Waals surface area contributed by atoms with Gasteiger partial charge in [-0.3, -0.25) is 0 Å². The summed E-state index contributed by atoms with van der Waals surface area (Å²) in [4.78, 5) is 10.2. The lowest BCUT2D eigenvalue weighted by atomic mass is 10.1. The molecular formula is C19H27N5OS. The second-order valence-corrected chi connectivity index (χ2v) is 8.56. The number of aryl methyl sites for hydroxylation is 1. The van der Waals surface area contributed by atoms with Crippen LogP contribution in [0.2, 0.25) is 0 Å². The summed E-state index contributed by atoms with van der Waals surface area (Å²) in [6.07, 6.45) is 1.84. The lowest BCUT2D eigenvalue weighted by molar-refractivity contribution is 0.0773. The zero-order valence-corrected chi connectivity index (χ0v) is 16.7. The van der Waals surface area contributed by atoms with Crippen molar-refractivity contribution in [3.63, 3.8) is 0 Å². The van der Waals surface area contributed by atoms with Crippen LogP contribution in [0, 0.1) is 6.92 Å². The molecule has 0 unspecified atom stereocenters. The van der Waals surface area contributed by atoms with Crippen LogP contribution >= 0.6 is 11.9 Å². The monoisotopic (exact) mass is 373 g/mol. The van der Waals surface area contributed by atoms with Crippen molar-refractivity contribution in [2.24, 2.45) is 0 Å². The van der Waals surface area contributed by atoms with Gasteiger partial charge in [0.05, 0.1) is 13.2 Å². The van der Waals surface area contributed by atoms with E-state index in [1.54, 1.807) is 11.9 Å². The average Bonchev–Trinajstić information content (AvgIpc) is 2.58. The number of rotatable bonds is 5. The standard InChI is InChI=1S/C19H27N5OS/c1-14-13-20-18(23-19(2,3)4)22-17(14)21-15-6-5-7-16(12-15)26-24-8-10-25-11-9-24/h5-7,12-13H,8-11H2,1-4H3,(H2,20,21,22,23). The van der Waals surface area contributed by atoms with Gasteiger partial charge in [-0.2, -0.15) is 4.98 Å². The molecule has 0 atom stereocenters. The topological polar surface area (TPSA) is 62.3 Å². The van der Waals surface area contributed by atoms with Gasteiger partial charge in [-0.05, 0) is 57.8 Å². The summed E-state index contributed by atoms with van der Waals surface area (Å²) in [5.41, 5.74) is 1.95. The largest absolute Gasteiger partial charge is 0.379 e. The highest BCUT2D eigenvalue weighted by molar-refractivity contribution is 7.97. The molecule has 0 amide bonds. The molecule has 0 aliphatic carbocycles. The number of ether oxygens (including phenoxy) is 1. The van der Waals surface area contributed by atoms with Crippen LogP contribution in [0.5, 0.6) is 0 Å². The summed E-state index contributed by atoms with van der Waals surface area (Å²) in [6.45, 7) is 11.8. The van der Waals surface area contributed by atoms with Crippen molar-refractivity contribution in [3.8, 4) is 0 Å². The van der Waals surface area contributed by atoms with Gasteiger partial charge < -0.3 is 15.4 Å². The van der Waals surface area contributed by atoms with Crippen LogP contribution < -0.4 is 10.6 Å². The first kappa shape index (κ1) is 18.9. The first-order valence-corrected chi connectivity index (χ1v) is 9.66. The van der Waals surface area contributed by atoms with Crippen LogP contribution in [0.25, 0.3) is 0 Å². The molecule has 0 spiro atoms. The summed E-state index contributed by atoms with van der Waals surface area (Å²) in [5.74, 6) is 1.45. The Balaban J connectivity index is 1.72. The quantitative estimate of drug-likeness (QED) is 0.766. The lowest BCUT2D eigenvalue weighted by Gasteiger charge is -2.25. The number of anilines is 3. The maximum atomic E-state index is 5.41. The summed E-state index contributed by atoms with van der Waals surface area (Å²) >= 11 is 1.77. The summed E-state index contributed by atoms with van der Waals surface area (Å²) in [6, 6.07) is 8.40. The zero-order chi connectivity index (χ0) is 18.6. The maximum absolute atomic E-state index is 5.41. The fraction of sp³-hybridized carbons (Fsp3) is 0.474. The molecule has 1 saturated heterocycles. The second kappa shape index (κ2) is 8.24. The van der Waals surface area contributed by atoms with Gasteiger partial charge in [-0.15, -0.1) is 0 Å². The summed E-state index contributed by atoms with van der Waals surface area (Å²) in [7, 11) is 0. The number of morpholine rings is 1. The molecule has 1 aromatic carbocycles. The van der Waals surface area contributed by atoms with Crippen molar-refractivity contribution in [1.82, 2.24) is 14.3 Å². The second-order valence-electron chi connectivity index (χ2n) is 7.39. The molecule has 3 rings (SSSR count). The van der Waals surface area contributed by atoms with Crippen molar-refractivity contribution in [2.75, 3.05) is 36.9 Å². The number of benzene rings is 1. The highest BCUT2D eigenvalue weighted by Gasteiger charge is 2.14. The van der Waals surface area contributed by atoms with Gasteiger partial charge in [0.1, 0.15) is 5.82 Å². The Kier molecular flexibility index (Phi) is 6.01. The average molecular weight is 374 g/mol. The van der Waals surface area contributed by atoms with Crippen LogP contribution in [-0.4, -0.2) is 46.1 Å². The van der Waals surface area contributed by atoms with E-state index in [2.05, 4.69) is 69.9 Å². The third kappa shape index (κ3) is 5.59. The Labute approximate surface area is 159 Å². The number of aromatic nitrogens is 2. The first-order chi connectivity index (χ1) is 12.4. The first-order valence-electron chi connectivity index (χ1n) is 8.89. The third-order valence-electron chi connectivity index (χ3n) is 3.76. The third-order valence-corrected chi connectivity index (χ3v) is 4.85. The van der Waals surface area contributed by atoms with Gasteiger partial charge in [-0.25, -0.2) is 9.29 Å². The van der Waals surface area contributed by atoms with Crippen LogP contribution in [0.3, 0.4) is 0 Å². The maximum Gasteiger partial charge on any atom is 0.225 e. The molecule has 2 aromatic rings. The Hall–Kier alpha value is -1.83. The molecule has 7 heteroatoms. The van der Waals surface area contributed by atoms with Crippen molar-refractivity contribution in [3.05, 3.63) is 36.0 Å². The molecule has 1 aliphatic rings. The van der Waals surface area contributed by atoms with E-state index in [4.69, 9.17) is 4.74 Å². The molecule has 1 aliphatic heterocycles. The van der Waals surface area contributed by atoms with Gasteiger partial charge >= 0.3 is 0 Å². The molecule has 0 bridgehead atoms. The van der Waals surface area contributed by atoms with E-state index in [1.165, 1.54) is 4.90 Å². The van der Waals surface area contributed by atoms with E-state index in [0.29, 0.717) is 5.95 Å². The Morgan fingerprint density at radius 3 is 2.69 bits per heavy atom. The van der Waals surface area contributed by atoms with Gasteiger partial charge in [-0.1, -0.05) is 6.07 Å². The highest BCUT2D eigenvalue weighted by Crippen LogP contribution is 2.28. The van der Waals surface area contributed by atoms with E-state index in [-0.39, 0.29) is 5.54 Å². The van der Waals surface area contributed by atoms with Crippen molar-refractivity contribution in [1.29, 1.82) is 0 Å². The minimum absolute atomic E-state index is 0.0821. The van der Waals surface area contributed by atoms with Crippen molar-refractivity contribution < 1.29 is 4.74 Å². The number of nitrogens with zero attached hydrogens (tertiary/aromatic N) is 3. The van der Waals surface area contributed by atoms with Crippen LogP contribution in [-0.2, 0) is 4.74 Å². The minimum atomic E-state index is -0.0821. The fourth-order valence-corrected chi connectivity index (χ4v) is 3.47. The SMILES string of the molecule is Cc1cnc(NC(C)(C)C)nc1Nc1cccc(SN2CCOCC2)c1. The van der Waals surface area contributed by atoms with Gasteiger partial charge in [0, 0.05) is 41.0 Å². The minimum Gasteiger partial charge on any atom is -0.379 e. The molecule has 1 aromatic heterocycles. The van der Waals surface area contributed by atoms with E-state index < -0.39 is 0 Å². The molecule has 1 fully saturated rings. The number of hydrogen-bond acceptors (Lipinski definition) is 7. The highest BCUT2D eigenvalue weighted by atomic mass is 32.2. The number of hydrogen-bond donors (Lipinski definition) is 2. The van der Waals surface area contributed by atoms with E-state index >= 15 is 0 Å². The molecular weight excluding hydrogens is 346 g/mol. The molecule has 2 N–H and O–H groups in total. The predicted molar refractivity (Wildman–Crippen MR) is 108 cm³/mol. The van der Waals surface area contributed by atoms with Crippen molar-refractivity contribution in [2.45, 2.75) is 38.1 Å². The van der Waals surface area contributed by atoms with E-state index in [0.717, 1.165) is 43.4 Å². The van der Waals surface area contributed by atoms with Crippen LogP contribution in [0.1, 0.15) is 26.3 Å². The van der Waals surface area contributed by atoms with E-state index in [1.807, 2.05) is 13.1 Å². The Morgan fingerprint density at radius 2 is 1.96 bits per heavy atom. The van der Waals surface area contributed by atoms with E-state index in [9.17, 15) is 0 Å².